The summed E-state index contributed by atoms with van der Waals surface area (Å²) in [5.74, 6) is 0.0167. The van der Waals surface area contributed by atoms with E-state index in [1.54, 1.807) is 0 Å². The van der Waals surface area contributed by atoms with Gasteiger partial charge in [-0.1, -0.05) is 30.3 Å². The number of anilines is 1. The molecule has 0 spiro atoms. The first-order valence-electron chi connectivity index (χ1n) is 7.66. The number of aromatic nitrogens is 2. The summed E-state index contributed by atoms with van der Waals surface area (Å²) >= 11 is 0. The number of hydrogen-bond donors (Lipinski definition) is 1. The number of amides is 1. The van der Waals surface area contributed by atoms with Crippen molar-refractivity contribution >= 4 is 11.6 Å². The van der Waals surface area contributed by atoms with Crippen LogP contribution in [0.4, 0.5) is 5.69 Å². The van der Waals surface area contributed by atoms with Gasteiger partial charge in [0.1, 0.15) is 0 Å². The Labute approximate surface area is 135 Å². The van der Waals surface area contributed by atoms with Crippen molar-refractivity contribution in [1.29, 1.82) is 0 Å². The van der Waals surface area contributed by atoms with Gasteiger partial charge in [0, 0.05) is 18.3 Å². The van der Waals surface area contributed by atoms with Crippen LogP contribution in [0.5, 0.6) is 0 Å². The lowest BCUT2D eigenvalue weighted by atomic mass is 10.2. The van der Waals surface area contributed by atoms with Crippen LogP contribution in [0.3, 0.4) is 0 Å². The minimum absolute atomic E-state index is 0.0167. The van der Waals surface area contributed by atoms with E-state index in [2.05, 4.69) is 10.4 Å². The second kappa shape index (κ2) is 6.92. The first-order valence-corrected chi connectivity index (χ1v) is 7.66. The Morgan fingerprint density at radius 2 is 1.96 bits per heavy atom. The fraction of sp³-hybridized carbons (Fsp3) is 0.158. The minimum atomic E-state index is 0.0167. The van der Waals surface area contributed by atoms with Crippen LogP contribution in [-0.2, 0) is 11.2 Å². The van der Waals surface area contributed by atoms with Crippen molar-refractivity contribution in [3.05, 3.63) is 78.1 Å². The van der Waals surface area contributed by atoms with Crippen LogP contribution < -0.4 is 5.32 Å². The van der Waals surface area contributed by atoms with Crippen molar-refractivity contribution in [3.63, 3.8) is 0 Å². The molecule has 1 aromatic heterocycles. The van der Waals surface area contributed by atoms with Crippen LogP contribution in [0.25, 0.3) is 5.69 Å². The van der Waals surface area contributed by atoms with Gasteiger partial charge in [-0.15, -0.1) is 0 Å². The maximum atomic E-state index is 12.0. The molecule has 1 N–H and O–H groups in total. The van der Waals surface area contributed by atoms with Gasteiger partial charge in [0.05, 0.1) is 11.9 Å². The van der Waals surface area contributed by atoms with Crippen LogP contribution >= 0.6 is 0 Å². The van der Waals surface area contributed by atoms with Gasteiger partial charge in [0.15, 0.2) is 0 Å². The molecule has 2 aromatic carbocycles. The molecule has 0 saturated heterocycles. The first-order chi connectivity index (χ1) is 11.2. The maximum absolute atomic E-state index is 12.0. The van der Waals surface area contributed by atoms with Crippen LogP contribution in [0.1, 0.15) is 17.5 Å². The number of hydrogen-bond acceptors (Lipinski definition) is 2. The van der Waals surface area contributed by atoms with E-state index in [4.69, 9.17) is 0 Å². The third-order valence-corrected chi connectivity index (χ3v) is 3.60. The molecular formula is C19H19N3O. The number of rotatable bonds is 5. The van der Waals surface area contributed by atoms with Gasteiger partial charge in [-0.3, -0.25) is 4.79 Å². The Kier molecular flexibility index (Phi) is 4.52. The van der Waals surface area contributed by atoms with Gasteiger partial charge < -0.3 is 5.32 Å². The number of aryl methyl sites for hydroxylation is 2. The highest BCUT2D eigenvalue weighted by molar-refractivity contribution is 5.90. The lowest BCUT2D eigenvalue weighted by Crippen LogP contribution is -2.12. The number of carbonyl (C=O) groups is 1. The molecule has 116 valence electrons. The molecule has 0 radical (unpaired) electrons. The maximum Gasteiger partial charge on any atom is 0.224 e. The van der Waals surface area contributed by atoms with Crippen molar-refractivity contribution in [1.82, 2.24) is 9.78 Å². The van der Waals surface area contributed by atoms with Crippen molar-refractivity contribution in [2.24, 2.45) is 0 Å². The highest BCUT2D eigenvalue weighted by Crippen LogP contribution is 2.12. The summed E-state index contributed by atoms with van der Waals surface area (Å²) in [6.07, 6.45) is 4.89. The van der Waals surface area contributed by atoms with E-state index in [9.17, 15) is 4.79 Å². The van der Waals surface area contributed by atoms with E-state index in [-0.39, 0.29) is 5.91 Å². The molecule has 0 saturated carbocycles. The molecule has 23 heavy (non-hydrogen) atoms. The van der Waals surface area contributed by atoms with Crippen LogP contribution in [0.15, 0.2) is 67.0 Å². The highest BCUT2D eigenvalue weighted by Gasteiger charge is 2.06. The summed E-state index contributed by atoms with van der Waals surface area (Å²) in [5, 5.41) is 7.27. The molecule has 4 nitrogen and oxygen atoms in total. The summed E-state index contributed by atoms with van der Waals surface area (Å²) in [6, 6.07) is 17.7. The van der Waals surface area contributed by atoms with E-state index >= 15 is 0 Å². The molecule has 4 heteroatoms. The zero-order chi connectivity index (χ0) is 16.1. The van der Waals surface area contributed by atoms with E-state index in [0.717, 1.165) is 22.5 Å². The fourth-order valence-corrected chi connectivity index (χ4v) is 2.42. The third kappa shape index (κ3) is 4.07. The smallest absolute Gasteiger partial charge is 0.224 e. The summed E-state index contributed by atoms with van der Waals surface area (Å²) in [4.78, 5) is 12.0. The molecule has 0 atom stereocenters. The van der Waals surface area contributed by atoms with Gasteiger partial charge >= 0.3 is 0 Å². The Morgan fingerprint density at radius 1 is 1.13 bits per heavy atom. The van der Waals surface area contributed by atoms with E-state index in [0.29, 0.717) is 12.8 Å². The lowest BCUT2D eigenvalue weighted by molar-refractivity contribution is -0.116. The summed E-state index contributed by atoms with van der Waals surface area (Å²) in [7, 11) is 0. The Balaban J connectivity index is 1.56. The van der Waals surface area contributed by atoms with Crippen LogP contribution in [0, 0.1) is 6.92 Å². The molecule has 0 aliphatic heterocycles. The molecule has 0 unspecified atom stereocenters. The molecule has 0 aliphatic carbocycles. The second-order valence-corrected chi connectivity index (χ2v) is 5.55. The topological polar surface area (TPSA) is 46.9 Å². The largest absolute Gasteiger partial charge is 0.326 e. The first kappa shape index (κ1) is 15.0. The SMILES string of the molecule is Cc1cccc(NC(=O)CCc2cnn(-c3ccccc3)c2)c1. The molecule has 1 heterocycles. The number of nitrogens with one attached hydrogen (secondary N) is 1. The zero-order valence-corrected chi connectivity index (χ0v) is 13.1. The fourth-order valence-electron chi connectivity index (χ4n) is 2.42. The predicted molar refractivity (Wildman–Crippen MR) is 91.7 cm³/mol. The Bertz CT molecular complexity index is 793. The normalized spacial score (nSPS) is 10.5. The van der Waals surface area contributed by atoms with Crippen molar-refractivity contribution in [3.8, 4) is 5.69 Å². The summed E-state index contributed by atoms with van der Waals surface area (Å²) in [6.45, 7) is 2.01. The average molecular weight is 305 g/mol. The van der Waals surface area contributed by atoms with E-state index in [1.165, 1.54) is 0 Å². The molecule has 1 amide bonds. The molecule has 3 rings (SSSR count). The summed E-state index contributed by atoms with van der Waals surface area (Å²) < 4.78 is 1.83. The third-order valence-electron chi connectivity index (χ3n) is 3.60. The number of benzene rings is 2. The highest BCUT2D eigenvalue weighted by atomic mass is 16.1. The van der Waals surface area contributed by atoms with Crippen LogP contribution in [0.2, 0.25) is 0 Å². The second-order valence-electron chi connectivity index (χ2n) is 5.55. The van der Waals surface area contributed by atoms with Crippen molar-refractivity contribution < 1.29 is 4.79 Å². The number of nitrogens with zero attached hydrogens (tertiary/aromatic N) is 2. The van der Waals surface area contributed by atoms with E-state index in [1.807, 2.05) is 78.6 Å². The van der Waals surface area contributed by atoms with Crippen molar-refractivity contribution in [2.75, 3.05) is 5.32 Å². The van der Waals surface area contributed by atoms with Gasteiger partial charge in [-0.05, 0) is 48.7 Å². The summed E-state index contributed by atoms with van der Waals surface area (Å²) in [5.41, 5.74) is 4.04. The predicted octanol–water partition coefficient (Wildman–Crippen LogP) is 3.75. The van der Waals surface area contributed by atoms with Gasteiger partial charge in [-0.2, -0.15) is 5.10 Å². The average Bonchev–Trinajstić information content (AvgIpc) is 3.03. The van der Waals surface area contributed by atoms with Crippen LogP contribution in [-0.4, -0.2) is 15.7 Å². The molecule has 0 aliphatic rings. The van der Waals surface area contributed by atoms with Gasteiger partial charge in [0.2, 0.25) is 5.91 Å². The van der Waals surface area contributed by atoms with Gasteiger partial charge in [-0.25, -0.2) is 4.68 Å². The number of para-hydroxylation sites is 1. The quantitative estimate of drug-likeness (QED) is 0.780. The standard InChI is InChI=1S/C19H19N3O/c1-15-6-5-7-17(12-15)21-19(23)11-10-16-13-20-22(14-16)18-8-3-2-4-9-18/h2-9,12-14H,10-11H2,1H3,(H,21,23). The molecule has 3 aromatic rings. The van der Waals surface area contributed by atoms with E-state index < -0.39 is 0 Å². The van der Waals surface area contributed by atoms with Gasteiger partial charge in [0.25, 0.3) is 0 Å². The molecule has 0 fully saturated rings. The molecule has 0 bridgehead atoms. The Hall–Kier alpha value is -2.88. The lowest BCUT2D eigenvalue weighted by Gasteiger charge is -2.05. The van der Waals surface area contributed by atoms with Crippen molar-refractivity contribution in [2.45, 2.75) is 19.8 Å². The zero-order valence-electron chi connectivity index (χ0n) is 13.1. The monoisotopic (exact) mass is 305 g/mol. The number of carbonyl (C=O) groups excluding carboxylic acids is 1. The minimum Gasteiger partial charge on any atom is -0.326 e. The molecular weight excluding hydrogens is 286 g/mol. The Morgan fingerprint density at radius 3 is 2.74 bits per heavy atom.